The Hall–Kier alpha value is -1.20. The summed E-state index contributed by atoms with van der Waals surface area (Å²) in [6.45, 7) is 5.28. The van der Waals surface area contributed by atoms with Gasteiger partial charge in [0.15, 0.2) is 11.6 Å². The molecule has 21 heavy (non-hydrogen) atoms. The molecule has 1 unspecified atom stereocenters. The largest absolute Gasteiger partial charge is 0.342 e. The Morgan fingerprint density at radius 3 is 2.62 bits per heavy atom. The lowest BCUT2D eigenvalue weighted by atomic mass is 9.79. The first-order chi connectivity index (χ1) is 9.29. The van der Waals surface area contributed by atoms with Gasteiger partial charge in [-0.05, 0) is 29.5 Å². The zero-order valence-corrected chi connectivity index (χ0v) is 13.1. The number of carbonyl (C=O) groups excluding carboxylic acids is 1. The predicted molar refractivity (Wildman–Crippen MR) is 80.3 cm³/mol. The van der Waals surface area contributed by atoms with Crippen LogP contribution in [0.2, 0.25) is 0 Å². The summed E-state index contributed by atoms with van der Waals surface area (Å²) in [6, 6.07) is 3.65. The number of rotatable bonds is 2. The first kappa shape index (κ1) is 17.9. The Morgan fingerprint density at radius 1 is 1.38 bits per heavy atom. The lowest BCUT2D eigenvalue weighted by molar-refractivity contribution is -0.133. The highest BCUT2D eigenvalue weighted by Gasteiger charge is 2.35. The van der Waals surface area contributed by atoms with Gasteiger partial charge >= 0.3 is 0 Å². The van der Waals surface area contributed by atoms with Crippen LogP contribution in [0.5, 0.6) is 0 Å². The fourth-order valence-electron chi connectivity index (χ4n) is 2.52. The second-order valence-electron chi connectivity index (χ2n) is 6.12. The van der Waals surface area contributed by atoms with Crippen molar-refractivity contribution in [2.75, 3.05) is 13.1 Å². The first-order valence-corrected chi connectivity index (χ1v) is 6.77. The van der Waals surface area contributed by atoms with Gasteiger partial charge in [-0.2, -0.15) is 0 Å². The van der Waals surface area contributed by atoms with Gasteiger partial charge in [-0.25, -0.2) is 8.78 Å². The van der Waals surface area contributed by atoms with Crippen molar-refractivity contribution in [3.63, 3.8) is 0 Å². The van der Waals surface area contributed by atoms with E-state index < -0.39 is 11.6 Å². The Balaban J connectivity index is 0.00000220. The van der Waals surface area contributed by atoms with Gasteiger partial charge in [0.1, 0.15) is 0 Å². The monoisotopic (exact) mass is 318 g/mol. The molecule has 1 saturated heterocycles. The summed E-state index contributed by atoms with van der Waals surface area (Å²) in [6.07, 6.45) is 0.846. The van der Waals surface area contributed by atoms with E-state index in [-0.39, 0.29) is 36.2 Å². The number of piperidine rings is 1. The van der Waals surface area contributed by atoms with Crippen LogP contribution in [-0.2, 0) is 11.2 Å². The fourth-order valence-corrected chi connectivity index (χ4v) is 2.52. The second-order valence-corrected chi connectivity index (χ2v) is 6.12. The molecule has 1 aromatic rings. The molecule has 0 bridgehead atoms. The van der Waals surface area contributed by atoms with E-state index in [4.69, 9.17) is 5.73 Å². The third-order valence-corrected chi connectivity index (χ3v) is 4.00. The lowest BCUT2D eigenvalue weighted by Crippen LogP contribution is -2.54. The summed E-state index contributed by atoms with van der Waals surface area (Å²) in [5.74, 6) is -1.89. The number of halogens is 3. The van der Waals surface area contributed by atoms with E-state index >= 15 is 0 Å². The molecule has 3 nitrogen and oxygen atoms in total. The third kappa shape index (κ3) is 4.14. The summed E-state index contributed by atoms with van der Waals surface area (Å²) in [4.78, 5) is 14.0. The van der Waals surface area contributed by atoms with E-state index in [9.17, 15) is 13.6 Å². The minimum absolute atomic E-state index is 0. The quantitative estimate of drug-likeness (QED) is 0.910. The van der Waals surface area contributed by atoms with Crippen molar-refractivity contribution in [2.24, 2.45) is 11.1 Å². The van der Waals surface area contributed by atoms with Crippen LogP contribution in [0.3, 0.4) is 0 Å². The minimum Gasteiger partial charge on any atom is -0.342 e. The summed E-state index contributed by atoms with van der Waals surface area (Å²) >= 11 is 0. The number of nitrogens with zero attached hydrogens (tertiary/aromatic N) is 1. The number of benzene rings is 1. The van der Waals surface area contributed by atoms with E-state index in [1.165, 1.54) is 6.07 Å². The Labute approximate surface area is 129 Å². The molecule has 0 aliphatic carbocycles. The number of hydrogen-bond donors (Lipinski definition) is 1. The molecule has 1 atom stereocenters. The predicted octanol–water partition coefficient (Wildman–Crippen LogP) is 2.51. The molecule has 0 saturated carbocycles. The van der Waals surface area contributed by atoms with Gasteiger partial charge in [-0.1, -0.05) is 19.9 Å². The van der Waals surface area contributed by atoms with Crippen LogP contribution < -0.4 is 5.73 Å². The Morgan fingerprint density at radius 2 is 2.05 bits per heavy atom. The molecule has 2 N–H and O–H groups in total. The Kier molecular flexibility index (Phi) is 5.70. The molecule has 0 spiro atoms. The summed E-state index contributed by atoms with van der Waals surface area (Å²) in [7, 11) is 0. The van der Waals surface area contributed by atoms with Crippen LogP contribution in [0, 0.1) is 17.0 Å². The maximum Gasteiger partial charge on any atom is 0.227 e. The maximum absolute atomic E-state index is 13.1. The maximum atomic E-state index is 13.1. The van der Waals surface area contributed by atoms with Crippen molar-refractivity contribution >= 4 is 18.3 Å². The summed E-state index contributed by atoms with van der Waals surface area (Å²) in [5.41, 5.74) is 6.40. The van der Waals surface area contributed by atoms with Crippen LogP contribution >= 0.6 is 12.4 Å². The van der Waals surface area contributed by atoms with Gasteiger partial charge in [-0.15, -0.1) is 12.4 Å². The smallest absolute Gasteiger partial charge is 0.227 e. The minimum atomic E-state index is -0.920. The average molecular weight is 319 g/mol. The zero-order chi connectivity index (χ0) is 14.9. The van der Waals surface area contributed by atoms with Crippen molar-refractivity contribution in [1.29, 1.82) is 0 Å². The molecule has 0 radical (unpaired) electrons. The summed E-state index contributed by atoms with van der Waals surface area (Å²) in [5, 5.41) is 0. The molecule has 2 rings (SSSR count). The molecule has 118 valence electrons. The van der Waals surface area contributed by atoms with Crippen LogP contribution in [0.4, 0.5) is 8.78 Å². The van der Waals surface area contributed by atoms with E-state index in [2.05, 4.69) is 0 Å². The molecule has 1 aromatic carbocycles. The van der Waals surface area contributed by atoms with Crippen LogP contribution in [0.25, 0.3) is 0 Å². The number of nitrogens with two attached hydrogens (primary N) is 1. The number of amides is 1. The van der Waals surface area contributed by atoms with E-state index in [1.54, 1.807) is 4.90 Å². The van der Waals surface area contributed by atoms with Crippen molar-refractivity contribution in [3.8, 4) is 0 Å². The van der Waals surface area contributed by atoms with Crippen LogP contribution in [0.15, 0.2) is 18.2 Å². The molecular weight excluding hydrogens is 298 g/mol. The van der Waals surface area contributed by atoms with Gasteiger partial charge in [0, 0.05) is 19.1 Å². The van der Waals surface area contributed by atoms with Gasteiger partial charge in [0.2, 0.25) is 5.91 Å². The van der Waals surface area contributed by atoms with Crippen molar-refractivity contribution in [1.82, 2.24) is 4.90 Å². The Bertz CT molecular complexity index is 522. The van der Waals surface area contributed by atoms with E-state index in [0.717, 1.165) is 18.6 Å². The van der Waals surface area contributed by atoms with Gasteiger partial charge < -0.3 is 10.6 Å². The van der Waals surface area contributed by atoms with E-state index in [0.29, 0.717) is 18.7 Å². The summed E-state index contributed by atoms with van der Waals surface area (Å²) < 4.78 is 26.0. The van der Waals surface area contributed by atoms with Crippen molar-refractivity contribution in [3.05, 3.63) is 35.4 Å². The number of carbonyl (C=O) groups is 1. The van der Waals surface area contributed by atoms with Crippen LogP contribution in [-0.4, -0.2) is 29.9 Å². The first-order valence-electron chi connectivity index (χ1n) is 6.77. The van der Waals surface area contributed by atoms with Crippen molar-refractivity contribution < 1.29 is 13.6 Å². The molecule has 6 heteroatoms. The topological polar surface area (TPSA) is 46.3 Å². The van der Waals surface area contributed by atoms with Crippen molar-refractivity contribution in [2.45, 2.75) is 32.7 Å². The zero-order valence-electron chi connectivity index (χ0n) is 12.2. The molecule has 1 heterocycles. The molecule has 0 aromatic heterocycles. The second kappa shape index (κ2) is 6.71. The molecular formula is C15H21ClF2N2O. The molecule has 1 amide bonds. The number of likely N-dealkylation sites (tertiary alicyclic amines) is 1. The highest BCUT2D eigenvalue weighted by Crippen LogP contribution is 2.28. The fraction of sp³-hybridized carbons (Fsp3) is 0.533. The van der Waals surface area contributed by atoms with Gasteiger partial charge in [0.25, 0.3) is 0 Å². The normalized spacial score (nSPS) is 20.8. The third-order valence-electron chi connectivity index (χ3n) is 4.00. The van der Waals surface area contributed by atoms with Gasteiger partial charge in [-0.3, -0.25) is 4.79 Å². The number of hydrogen-bond acceptors (Lipinski definition) is 2. The highest BCUT2D eigenvalue weighted by atomic mass is 35.5. The molecule has 1 aliphatic rings. The highest BCUT2D eigenvalue weighted by molar-refractivity contribution is 5.85. The van der Waals surface area contributed by atoms with Crippen LogP contribution in [0.1, 0.15) is 25.8 Å². The van der Waals surface area contributed by atoms with E-state index in [1.807, 2.05) is 13.8 Å². The standard InChI is InChI=1S/C15H20F2N2O.ClH/c1-15(2)9-19(6-5-13(15)18)14(20)8-10-3-4-11(16)12(17)7-10;/h3-4,7,13H,5-6,8-9,18H2,1-2H3;1H. The molecule has 1 aliphatic heterocycles. The average Bonchev–Trinajstić information content (AvgIpc) is 2.37. The molecule has 1 fully saturated rings. The lowest BCUT2D eigenvalue weighted by Gasteiger charge is -2.42. The SMILES string of the molecule is CC1(C)CN(C(=O)Cc2ccc(F)c(F)c2)CCC1N.Cl. The van der Waals surface area contributed by atoms with Gasteiger partial charge in [0.05, 0.1) is 6.42 Å².